The Labute approximate surface area is 203 Å². The highest BCUT2D eigenvalue weighted by atomic mass is 32.1. The zero-order valence-corrected chi connectivity index (χ0v) is 19.5. The molecular weight excluding hydrogens is 479 g/mol. The van der Waals surface area contributed by atoms with E-state index >= 15 is 0 Å². The third-order valence-corrected chi connectivity index (χ3v) is 7.85. The van der Waals surface area contributed by atoms with Crippen molar-refractivity contribution in [3.8, 4) is 10.7 Å². The van der Waals surface area contributed by atoms with Gasteiger partial charge in [0.2, 0.25) is 5.91 Å². The molecule has 3 aromatic heterocycles. The van der Waals surface area contributed by atoms with Crippen LogP contribution in [-0.4, -0.2) is 51.1 Å². The SMILES string of the molecule is NC(=O)C(c1cnc(-c2ccc(NCC3(c4ncccc4F)CCC3)nn2)s1)[C@@H]1CC(F)(F)CN1. The summed E-state index contributed by atoms with van der Waals surface area (Å²) in [6.07, 6.45) is 5.30. The molecule has 0 aromatic carbocycles. The van der Waals surface area contributed by atoms with Crippen LogP contribution in [0.2, 0.25) is 0 Å². The number of hydrogen-bond acceptors (Lipinski definition) is 8. The van der Waals surface area contributed by atoms with Crippen molar-refractivity contribution in [2.45, 2.75) is 49.0 Å². The molecule has 4 N–H and O–H groups in total. The zero-order valence-electron chi connectivity index (χ0n) is 18.7. The number of nitrogens with two attached hydrogens (primary N) is 1. The van der Waals surface area contributed by atoms with Crippen LogP contribution in [0.3, 0.4) is 0 Å². The first-order valence-electron chi connectivity index (χ1n) is 11.3. The van der Waals surface area contributed by atoms with Gasteiger partial charge >= 0.3 is 0 Å². The van der Waals surface area contributed by atoms with Crippen LogP contribution in [0.5, 0.6) is 0 Å². The fourth-order valence-electron chi connectivity index (χ4n) is 4.74. The molecule has 0 spiro atoms. The van der Waals surface area contributed by atoms with E-state index in [2.05, 4.69) is 30.8 Å². The lowest BCUT2D eigenvalue weighted by Gasteiger charge is -2.41. The van der Waals surface area contributed by atoms with E-state index in [1.807, 2.05) is 0 Å². The molecule has 3 aromatic rings. The van der Waals surface area contributed by atoms with Crippen LogP contribution >= 0.6 is 11.3 Å². The largest absolute Gasteiger partial charge is 0.369 e. The summed E-state index contributed by atoms with van der Waals surface area (Å²) in [5.74, 6) is -4.24. The van der Waals surface area contributed by atoms with Crippen LogP contribution in [0.15, 0.2) is 36.7 Å². The first kappa shape index (κ1) is 23.6. The number of carbonyl (C=O) groups excluding carboxylic acids is 1. The molecule has 12 heteroatoms. The van der Waals surface area contributed by atoms with Crippen molar-refractivity contribution in [2.24, 2.45) is 5.73 Å². The standard InChI is InChI=1S/C23H24F3N7OS/c24-13-3-1-8-28-19(13)22(6-2-7-22)11-31-17-5-4-14(32-33-17)21-29-10-16(35-21)18(20(27)34)15-9-23(25,26)12-30-15/h1,3-5,8,10,15,18,30H,2,6-7,9,11-12H2,(H2,27,34)(H,31,33)/t15-,18?/m0/s1. The third-order valence-electron chi connectivity index (χ3n) is 6.74. The number of nitrogens with one attached hydrogen (secondary N) is 2. The van der Waals surface area contributed by atoms with Crippen LogP contribution in [0.25, 0.3) is 10.7 Å². The number of pyridine rings is 1. The summed E-state index contributed by atoms with van der Waals surface area (Å²) in [6.45, 7) is -0.00299. The Kier molecular flexibility index (Phi) is 6.18. The first-order valence-corrected chi connectivity index (χ1v) is 12.1. The molecule has 2 aliphatic rings. The normalized spacial score (nSPS) is 21.3. The lowest BCUT2D eigenvalue weighted by molar-refractivity contribution is -0.120. The van der Waals surface area contributed by atoms with Crippen molar-refractivity contribution in [1.29, 1.82) is 0 Å². The topological polar surface area (TPSA) is 119 Å². The molecule has 1 amide bonds. The number of nitrogens with zero attached hydrogens (tertiary/aromatic N) is 4. The van der Waals surface area contributed by atoms with E-state index in [4.69, 9.17) is 5.73 Å². The van der Waals surface area contributed by atoms with Crippen molar-refractivity contribution in [2.75, 3.05) is 18.4 Å². The zero-order chi connectivity index (χ0) is 24.6. The molecule has 5 rings (SSSR count). The Bertz CT molecular complexity index is 1220. The minimum atomic E-state index is -2.87. The fourth-order valence-corrected chi connectivity index (χ4v) is 5.80. The van der Waals surface area contributed by atoms with E-state index in [0.717, 1.165) is 19.3 Å². The van der Waals surface area contributed by atoms with Crippen LogP contribution in [-0.2, 0) is 10.2 Å². The van der Waals surface area contributed by atoms with Gasteiger partial charge in [0.25, 0.3) is 5.92 Å². The second kappa shape index (κ2) is 9.15. The van der Waals surface area contributed by atoms with Gasteiger partial charge in [-0.2, -0.15) is 0 Å². The number of hydrogen-bond donors (Lipinski definition) is 3. The van der Waals surface area contributed by atoms with E-state index in [-0.39, 0.29) is 11.2 Å². The van der Waals surface area contributed by atoms with Crippen LogP contribution in [0.4, 0.5) is 19.0 Å². The molecule has 1 unspecified atom stereocenters. The van der Waals surface area contributed by atoms with E-state index in [1.54, 1.807) is 24.4 Å². The molecular formula is C23H24F3N7OS. The monoisotopic (exact) mass is 503 g/mol. The van der Waals surface area contributed by atoms with E-state index in [9.17, 15) is 18.0 Å². The van der Waals surface area contributed by atoms with E-state index in [0.29, 0.717) is 33.6 Å². The number of rotatable bonds is 8. The number of amides is 1. The minimum Gasteiger partial charge on any atom is -0.369 e. The third kappa shape index (κ3) is 4.72. The molecule has 1 saturated carbocycles. The average molecular weight is 504 g/mol. The number of anilines is 1. The number of primary amides is 1. The Balaban J connectivity index is 1.27. The highest BCUT2D eigenvalue weighted by Gasteiger charge is 2.45. The molecule has 0 radical (unpaired) electrons. The quantitative estimate of drug-likeness (QED) is 0.432. The van der Waals surface area contributed by atoms with E-state index < -0.39 is 36.8 Å². The van der Waals surface area contributed by atoms with Gasteiger partial charge < -0.3 is 16.4 Å². The number of aromatic nitrogens is 4. The molecule has 2 atom stereocenters. The molecule has 2 fully saturated rings. The molecule has 4 heterocycles. The van der Waals surface area contributed by atoms with Gasteiger partial charge in [-0.3, -0.25) is 9.78 Å². The van der Waals surface area contributed by atoms with Crippen LogP contribution in [0.1, 0.15) is 42.2 Å². The van der Waals surface area contributed by atoms with Gasteiger partial charge in [-0.25, -0.2) is 18.2 Å². The second-order valence-electron chi connectivity index (χ2n) is 9.12. The van der Waals surface area contributed by atoms with Gasteiger partial charge in [0, 0.05) is 41.7 Å². The summed E-state index contributed by atoms with van der Waals surface area (Å²) < 4.78 is 41.6. The highest BCUT2D eigenvalue weighted by Crippen LogP contribution is 2.44. The van der Waals surface area contributed by atoms with Crippen molar-refractivity contribution in [3.05, 3.63) is 53.0 Å². The molecule has 1 aliphatic carbocycles. The van der Waals surface area contributed by atoms with Gasteiger partial charge in [0.05, 0.1) is 18.2 Å². The average Bonchev–Trinajstić information content (AvgIpc) is 3.41. The van der Waals surface area contributed by atoms with Gasteiger partial charge in [-0.05, 0) is 37.1 Å². The lowest BCUT2D eigenvalue weighted by atomic mass is 9.66. The van der Waals surface area contributed by atoms with Crippen molar-refractivity contribution >= 4 is 23.1 Å². The maximum atomic E-state index is 14.3. The Morgan fingerprint density at radius 3 is 2.69 bits per heavy atom. The summed E-state index contributed by atoms with van der Waals surface area (Å²) in [5, 5.41) is 14.9. The Hall–Kier alpha value is -3.12. The Morgan fingerprint density at radius 2 is 2.09 bits per heavy atom. The maximum Gasteiger partial charge on any atom is 0.261 e. The minimum absolute atomic E-state index is 0.305. The Morgan fingerprint density at radius 1 is 1.26 bits per heavy atom. The second-order valence-corrected chi connectivity index (χ2v) is 10.2. The summed E-state index contributed by atoms with van der Waals surface area (Å²) in [7, 11) is 0. The molecule has 35 heavy (non-hydrogen) atoms. The van der Waals surface area contributed by atoms with Crippen LogP contribution < -0.4 is 16.4 Å². The summed E-state index contributed by atoms with van der Waals surface area (Å²) in [5.41, 5.74) is 6.11. The van der Waals surface area contributed by atoms with Crippen molar-refractivity contribution in [1.82, 2.24) is 25.5 Å². The lowest BCUT2D eigenvalue weighted by Crippen LogP contribution is -2.42. The van der Waals surface area contributed by atoms with Crippen molar-refractivity contribution < 1.29 is 18.0 Å². The first-order chi connectivity index (χ1) is 16.8. The maximum absolute atomic E-state index is 14.3. The fraction of sp³-hybridized carbons (Fsp3) is 0.435. The molecule has 0 bridgehead atoms. The molecule has 184 valence electrons. The number of alkyl halides is 2. The summed E-state index contributed by atoms with van der Waals surface area (Å²) in [4.78, 5) is 21.1. The van der Waals surface area contributed by atoms with Crippen molar-refractivity contribution in [3.63, 3.8) is 0 Å². The number of carbonyl (C=O) groups is 1. The highest BCUT2D eigenvalue weighted by molar-refractivity contribution is 7.15. The summed E-state index contributed by atoms with van der Waals surface area (Å²) >= 11 is 1.17. The predicted molar refractivity (Wildman–Crippen MR) is 125 cm³/mol. The molecule has 8 nitrogen and oxygen atoms in total. The number of thiazole rings is 1. The van der Waals surface area contributed by atoms with Gasteiger partial charge in [0.15, 0.2) is 0 Å². The number of halogens is 3. The molecule has 1 aliphatic heterocycles. The summed E-state index contributed by atoms with van der Waals surface area (Å²) in [6, 6.07) is 5.73. The predicted octanol–water partition coefficient (Wildman–Crippen LogP) is 3.23. The van der Waals surface area contributed by atoms with Crippen LogP contribution in [0, 0.1) is 5.82 Å². The van der Waals surface area contributed by atoms with E-state index in [1.165, 1.54) is 23.6 Å². The van der Waals surface area contributed by atoms with Gasteiger partial charge in [-0.15, -0.1) is 21.5 Å². The van der Waals surface area contributed by atoms with Gasteiger partial charge in [-0.1, -0.05) is 6.42 Å². The smallest absolute Gasteiger partial charge is 0.261 e. The molecule has 1 saturated heterocycles. The van der Waals surface area contributed by atoms with Gasteiger partial charge in [0.1, 0.15) is 22.3 Å².